The van der Waals surface area contributed by atoms with Crippen molar-refractivity contribution in [3.05, 3.63) is 33.8 Å². The number of rotatable bonds is 5. The molecule has 3 atom stereocenters. The quantitative estimate of drug-likeness (QED) is 0.876. The molecule has 0 spiro atoms. The summed E-state index contributed by atoms with van der Waals surface area (Å²) in [6, 6.07) is 6.33. The lowest BCUT2D eigenvalue weighted by Gasteiger charge is -2.19. The zero-order valence-corrected chi connectivity index (χ0v) is 12.2. The summed E-state index contributed by atoms with van der Waals surface area (Å²) >= 11 is 3.56. The third kappa shape index (κ3) is 4.09. The summed E-state index contributed by atoms with van der Waals surface area (Å²) in [7, 11) is 0. The van der Waals surface area contributed by atoms with Gasteiger partial charge in [0, 0.05) is 4.47 Å². The molecular formula is C14H21BrO2. The third-order valence-electron chi connectivity index (χ3n) is 3.18. The second kappa shape index (κ2) is 6.53. The highest BCUT2D eigenvalue weighted by Crippen LogP contribution is 2.27. The normalized spacial score (nSPS) is 16.6. The van der Waals surface area contributed by atoms with Crippen LogP contribution in [0.15, 0.2) is 22.7 Å². The van der Waals surface area contributed by atoms with E-state index in [0.29, 0.717) is 6.42 Å². The predicted molar refractivity (Wildman–Crippen MR) is 74.2 cm³/mol. The van der Waals surface area contributed by atoms with Gasteiger partial charge in [-0.15, -0.1) is 0 Å². The highest BCUT2D eigenvalue weighted by Gasteiger charge is 2.16. The minimum absolute atomic E-state index is 0.238. The lowest BCUT2D eigenvalue weighted by molar-refractivity contribution is 0.0227. The largest absolute Gasteiger partial charge is 0.391 e. The molecule has 0 aliphatic rings. The highest BCUT2D eigenvalue weighted by atomic mass is 79.9. The van der Waals surface area contributed by atoms with Gasteiger partial charge in [0.1, 0.15) is 0 Å². The summed E-state index contributed by atoms with van der Waals surface area (Å²) in [5.41, 5.74) is 2.48. The van der Waals surface area contributed by atoms with Gasteiger partial charge in [-0.1, -0.05) is 41.9 Å². The van der Waals surface area contributed by atoms with Crippen molar-refractivity contribution in [2.45, 2.75) is 51.7 Å². The zero-order chi connectivity index (χ0) is 13.0. The number of hydrogen-bond donors (Lipinski definition) is 2. The fourth-order valence-corrected chi connectivity index (χ4v) is 2.53. The maximum Gasteiger partial charge on any atom is 0.0802 e. The van der Waals surface area contributed by atoms with Crippen LogP contribution in [0.3, 0.4) is 0 Å². The van der Waals surface area contributed by atoms with Crippen LogP contribution in [0.5, 0.6) is 0 Å². The first-order chi connectivity index (χ1) is 7.95. The van der Waals surface area contributed by atoms with E-state index in [1.54, 1.807) is 6.92 Å². The van der Waals surface area contributed by atoms with Crippen molar-refractivity contribution in [2.24, 2.45) is 0 Å². The van der Waals surface area contributed by atoms with E-state index in [2.05, 4.69) is 48.0 Å². The Morgan fingerprint density at radius 3 is 2.35 bits per heavy atom. The molecule has 0 bridgehead atoms. The molecule has 1 aromatic carbocycles. The summed E-state index contributed by atoms with van der Waals surface area (Å²) < 4.78 is 1.12. The molecule has 2 nitrogen and oxygen atoms in total. The van der Waals surface area contributed by atoms with E-state index in [0.717, 1.165) is 10.9 Å². The minimum atomic E-state index is -0.671. The van der Waals surface area contributed by atoms with Crippen LogP contribution in [0.25, 0.3) is 0 Å². The monoisotopic (exact) mass is 300 g/mol. The van der Waals surface area contributed by atoms with Crippen LogP contribution in [0.2, 0.25) is 0 Å². The lowest BCUT2D eigenvalue weighted by atomic mass is 9.92. The number of aliphatic hydroxyl groups is 2. The number of benzene rings is 1. The van der Waals surface area contributed by atoms with Crippen LogP contribution in [-0.2, 0) is 6.42 Å². The molecule has 3 heteroatoms. The van der Waals surface area contributed by atoms with Crippen molar-refractivity contribution in [3.8, 4) is 0 Å². The van der Waals surface area contributed by atoms with E-state index < -0.39 is 12.2 Å². The Morgan fingerprint density at radius 1 is 1.24 bits per heavy atom. The molecule has 2 N–H and O–H groups in total. The van der Waals surface area contributed by atoms with E-state index in [1.165, 1.54) is 11.1 Å². The molecule has 3 unspecified atom stereocenters. The van der Waals surface area contributed by atoms with Gasteiger partial charge in [0.2, 0.25) is 0 Å². The molecule has 0 heterocycles. The molecule has 0 saturated carbocycles. The smallest absolute Gasteiger partial charge is 0.0802 e. The Kier molecular flexibility index (Phi) is 5.63. The Balaban J connectivity index is 2.76. The van der Waals surface area contributed by atoms with Crippen LogP contribution in [-0.4, -0.2) is 22.4 Å². The molecule has 0 amide bonds. The van der Waals surface area contributed by atoms with Crippen molar-refractivity contribution in [3.63, 3.8) is 0 Å². The van der Waals surface area contributed by atoms with Crippen LogP contribution in [0.1, 0.15) is 44.2 Å². The Morgan fingerprint density at radius 2 is 1.88 bits per heavy atom. The number of aliphatic hydroxyl groups excluding tert-OH is 2. The zero-order valence-electron chi connectivity index (χ0n) is 10.7. The second-order valence-corrected chi connectivity index (χ2v) is 5.50. The van der Waals surface area contributed by atoms with Crippen LogP contribution < -0.4 is 0 Å². The van der Waals surface area contributed by atoms with Gasteiger partial charge < -0.3 is 10.2 Å². The summed E-state index contributed by atoms with van der Waals surface area (Å²) in [6.07, 6.45) is 0.256. The first-order valence-electron chi connectivity index (χ1n) is 6.10. The van der Waals surface area contributed by atoms with Gasteiger partial charge in [-0.25, -0.2) is 0 Å². The average Bonchev–Trinajstić information content (AvgIpc) is 2.28. The van der Waals surface area contributed by atoms with Crippen molar-refractivity contribution in [1.29, 1.82) is 0 Å². The van der Waals surface area contributed by atoms with Crippen LogP contribution in [0.4, 0.5) is 0 Å². The predicted octanol–water partition coefficient (Wildman–Crippen LogP) is 3.25. The Labute approximate surface area is 112 Å². The summed E-state index contributed by atoms with van der Waals surface area (Å²) in [4.78, 5) is 0. The van der Waals surface area contributed by atoms with Gasteiger partial charge in [0.05, 0.1) is 12.2 Å². The van der Waals surface area contributed by atoms with E-state index in [9.17, 15) is 10.2 Å². The van der Waals surface area contributed by atoms with Crippen molar-refractivity contribution < 1.29 is 10.2 Å². The van der Waals surface area contributed by atoms with Gasteiger partial charge >= 0.3 is 0 Å². The number of halogens is 1. The lowest BCUT2D eigenvalue weighted by Crippen LogP contribution is -2.24. The molecule has 0 saturated heterocycles. The highest BCUT2D eigenvalue weighted by molar-refractivity contribution is 9.10. The third-order valence-corrected chi connectivity index (χ3v) is 3.92. The maximum absolute atomic E-state index is 9.67. The van der Waals surface area contributed by atoms with Gasteiger partial charge in [-0.05, 0) is 42.9 Å². The number of hydrogen-bond acceptors (Lipinski definition) is 2. The topological polar surface area (TPSA) is 40.5 Å². The summed E-state index contributed by atoms with van der Waals surface area (Å²) in [5, 5.41) is 19.0. The van der Waals surface area contributed by atoms with Crippen molar-refractivity contribution >= 4 is 15.9 Å². The summed E-state index contributed by atoms with van der Waals surface area (Å²) in [5.74, 6) is 0.238. The fourth-order valence-electron chi connectivity index (χ4n) is 1.85. The molecule has 1 aromatic rings. The second-order valence-electron chi connectivity index (χ2n) is 4.65. The standard InChI is InChI=1S/C14H21BrO2/c1-4-11-5-6-12(8-13(11)15)9(2)7-14(17)10(3)16/h5-6,8-10,14,16-17H,4,7H2,1-3H3. The minimum Gasteiger partial charge on any atom is -0.391 e. The maximum atomic E-state index is 9.67. The van der Waals surface area contributed by atoms with E-state index >= 15 is 0 Å². The average molecular weight is 301 g/mol. The molecule has 96 valence electrons. The fraction of sp³-hybridized carbons (Fsp3) is 0.571. The van der Waals surface area contributed by atoms with Gasteiger partial charge in [0.15, 0.2) is 0 Å². The van der Waals surface area contributed by atoms with Crippen molar-refractivity contribution in [2.75, 3.05) is 0 Å². The van der Waals surface area contributed by atoms with Crippen LogP contribution >= 0.6 is 15.9 Å². The molecule has 0 aliphatic heterocycles. The molecule has 0 aromatic heterocycles. The van der Waals surface area contributed by atoms with E-state index in [1.807, 2.05) is 0 Å². The Bertz CT molecular complexity index is 363. The van der Waals surface area contributed by atoms with E-state index in [4.69, 9.17) is 0 Å². The Hall–Kier alpha value is -0.380. The molecule has 0 radical (unpaired) electrons. The van der Waals surface area contributed by atoms with Crippen molar-refractivity contribution in [1.82, 2.24) is 0 Å². The molecular weight excluding hydrogens is 280 g/mol. The number of aryl methyl sites for hydroxylation is 1. The first-order valence-corrected chi connectivity index (χ1v) is 6.89. The SMILES string of the molecule is CCc1ccc(C(C)CC(O)C(C)O)cc1Br. The molecule has 1 rings (SSSR count). The van der Waals surface area contributed by atoms with E-state index in [-0.39, 0.29) is 5.92 Å². The summed E-state index contributed by atoms with van der Waals surface area (Å²) in [6.45, 7) is 5.81. The molecule has 0 fully saturated rings. The van der Waals surface area contributed by atoms with Crippen LogP contribution in [0, 0.1) is 0 Å². The van der Waals surface area contributed by atoms with Gasteiger partial charge in [-0.3, -0.25) is 0 Å². The van der Waals surface area contributed by atoms with Gasteiger partial charge in [0.25, 0.3) is 0 Å². The molecule has 0 aliphatic carbocycles. The first kappa shape index (κ1) is 14.7. The molecule has 17 heavy (non-hydrogen) atoms. The van der Waals surface area contributed by atoms with Gasteiger partial charge in [-0.2, -0.15) is 0 Å².